The summed E-state index contributed by atoms with van der Waals surface area (Å²) in [6.07, 6.45) is 9.34. The summed E-state index contributed by atoms with van der Waals surface area (Å²) in [6.45, 7) is 2.07. The maximum Gasteiger partial charge on any atom is 0.333 e. The van der Waals surface area contributed by atoms with Crippen molar-refractivity contribution in [1.29, 1.82) is 0 Å². The standard InChI is InChI=1S/C17H20N4O2/c1-5-7-8-9-10-11-13-18-14-15(19(13)3)20(4)17(23)21(12-6-2)16(14)22/h2H,5,7-9,12H2,1,3-4H3. The van der Waals surface area contributed by atoms with Crippen LogP contribution in [0.5, 0.6) is 0 Å². The van der Waals surface area contributed by atoms with Crippen LogP contribution in [-0.2, 0) is 20.6 Å². The highest BCUT2D eigenvalue weighted by Gasteiger charge is 2.16. The lowest BCUT2D eigenvalue weighted by atomic mass is 10.2. The predicted molar refractivity (Wildman–Crippen MR) is 90.1 cm³/mol. The Morgan fingerprint density at radius 1 is 1.17 bits per heavy atom. The lowest BCUT2D eigenvalue weighted by Crippen LogP contribution is -2.39. The van der Waals surface area contributed by atoms with Gasteiger partial charge in [-0.1, -0.05) is 31.6 Å². The molecule has 0 aromatic carbocycles. The third kappa shape index (κ3) is 3.07. The van der Waals surface area contributed by atoms with Gasteiger partial charge in [0.2, 0.25) is 0 Å². The normalized spacial score (nSPS) is 10.3. The molecular formula is C17H20N4O2. The highest BCUT2D eigenvalue weighted by Crippen LogP contribution is 2.08. The molecule has 0 fully saturated rings. The number of rotatable bonds is 4. The Bertz CT molecular complexity index is 942. The van der Waals surface area contributed by atoms with E-state index in [0.29, 0.717) is 11.5 Å². The molecule has 2 rings (SSSR count). The van der Waals surface area contributed by atoms with Gasteiger partial charge in [-0.15, -0.1) is 6.42 Å². The van der Waals surface area contributed by atoms with Gasteiger partial charge in [-0.25, -0.2) is 14.3 Å². The van der Waals surface area contributed by atoms with Crippen molar-refractivity contribution in [2.24, 2.45) is 14.1 Å². The van der Waals surface area contributed by atoms with E-state index in [9.17, 15) is 9.59 Å². The molecule has 0 radical (unpaired) electrons. The molecule has 0 amide bonds. The molecule has 0 aliphatic carbocycles. The van der Waals surface area contributed by atoms with Crippen LogP contribution in [0, 0.1) is 24.2 Å². The fourth-order valence-electron chi connectivity index (χ4n) is 2.45. The summed E-state index contributed by atoms with van der Waals surface area (Å²) in [5.74, 6) is 8.85. The summed E-state index contributed by atoms with van der Waals surface area (Å²) in [7, 11) is 3.34. The van der Waals surface area contributed by atoms with Crippen molar-refractivity contribution in [2.45, 2.75) is 39.2 Å². The molecule has 0 saturated heterocycles. The third-order valence-electron chi connectivity index (χ3n) is 3.70. The number of aromatic nitrogens is 4. The summed E-state index contributed by atoms with van der Waals surface area (Å²) >= 11 is 0. The lowest BCUT2D eigenvalue weighted by molar-refractivity contribution is 0.669. The van der Waals surface area contributed by atoms with Gasteiger partial charge in [-0.05, 0) is 12.3 Å². The Kier molecular flexibility index (Phi) is 5.08. The van der Waals surface area contributed by atoms with Crippen molar-refractivity contribution < 1.29 is 0 Å². The van der Waals surface area contributed by atoms with Gasteiger partial charge in [0, 0.05) is 20.5 Å². The third-order valence-corrected chi connectivity index (χ3v) is 3.70. The van der Waals surface area contributed by atoms with E-state index in [0.717, 1.165) is 30.3 Å². The smallest absolute Gasteiger partial charge is 0.306 e. The summed E-state index contributed by atoms with van der Waals surface area (Å²) in [4.78, 5) is 28.9. The van der Waals surface area contributed by atoms with Crippen LogP contribution in [0.4, 0.5) is 0 Å². The van der Waals surface area contributed by atoms with E-state index in [1.54, 1.807) is 18.7 Å². The van der Waals surface area contributed by atoms with Gasteiger partial charge in [0.05, 0.1) is 6.54 Å². The number of fused-ring (bicyclic) bond motifs is 1. The average Bonchev–Trinajstić information content (AvgIpc) is 2.86. The maximum atomic E-state index is 12.4. The molecule has 0 N–H and O–H groups in total. The lowest BCUT2D eigenvalue weighted by Gasteiger charge is -2.06. The molecule has 120 valence electrons. The zero-order valence-corrected chi connectivity index (χ0v) is 13.7. The van der Waals surface area contributed by atoms with Crippen LogP contribution in [0.3, 0.4) is 0 Å². The van der Waals surface area contributed by atoms with Gasteiger partial charge in [-0.3, -0.25) is 9.36 Å². The quantitative estimate of drug-likeness (QED) is 0.625. The van der Waals surface area contributed by atoms with Crippen molar-refractivity contribution in [3.8, 4) is 24.2 Å². The molecule has 2 heterocycles. The first kappa shape index (κ1) is 16.6. The molecular weight excluding hydrogens is 292 g/mol. The number of hydrogen-bond donors (Lipinski definition) is 0. The molecule has 2 aromatic heterocycles. The van der Waals surface area contributed by atoms with E-state index < -0.39 is 11.2 Å². The first-order valence-corrected chi connectivity index (χ1v) is 7.61. The van der Waals surface area contributed by atoms with E-state index in [1.165, 1.54) is 4.57 Å². The Hall–Kier alpha value is -2.73. The van der Waals surface area contributed by atoms with Crippen molar-refractivity contribution in [1.82, 2.24) is 18.7 Å². The molecule has 0 saturated carbocycles. The molecule has 0 unspecified atom stereocenters. The molecule has 23 heavy (non-hydrogen) atoms. The van der Waals surface area contributed by atoms with Gasteiger partial charge < -0.3 is 4.57 Å². The largest absolute Gasteiger partial charge is 0.333 e. The SMILES string of the molecule is C#CCn1c(=O)c2nc(C#CCCCCC)n(C)c2n(C)c1=O. The molecule has 0 aliphatic heterocycles. The number of imidazole rings is 1. The fourth-order valence-corrected chi connectivity index (χ4v) is 2.45. The number of nitrogens with zero attached hydrogens (tertiary/aromatic N) is 4. The maximum absolute atomic E-state index is 12.4. The number of aryl methyl sites for hydroxylation is 2. The Labute approximate surface area is 134 Å². The van der Waals surface area contributed by atoms with Crippen LogP contribution in [0.15, 0.2) is 9.59 Å². The minimum atomic E-state index is -0.476. The summed E-state index contributed by atoms with van der Waals surface area (Å²) in [5.41, 5.74) is -0.268. The highest BCUT2D eigenvalue weighted by molar-refractivity contribution is 5.71. The molecule has 6 heteroatoms. The minimum Gasteiger partial charge on any atom is -0.306 e. The van der Waals surface area contributed by atoms with E-state index in [-0.39, 0.29) is 12.1 Å². The monoisotopic (exact) mass is 312 g/mol. The van der Waals surface area contributed by atoms with Crippen LogP contribution in [0.25, 0.3) is 11.2 Å². The Morgan fingerprint density at radius 2 is 1.91 bits per heavy atom. The molecule has 0 bridgehead atoms. The van der Waals surface area contributed by atoms with E-state index in [2.05, 4.69) is 29.7 Å². The zero-order valence-electron chi connectivity index (χ0n) is 13.7. The molecule has 0 aliphatic rings. The van der Waals surface area contributed by atoms with E-state index >= 15 is 0 Å². The van der Waals surface area contributed by atoms with Crippen LogP contribution < -0.4 is 11.2 Å². The molecule has 2 aromatic rings. The molecule has 0 spiro atoms. The minimum absolute atomic E-state index is 0.0734. The first-order chi connectivity index (χ1) is 11.0. The predicted octanol–water partition coefficient (Wildman–Crippen LogP) is 0.999. The molecule has 6 nitrogen and oxygen atoms in total. The van der Waals surface area contributed by atoms with Crippen LogP contribution in [0.1, 0.15) is 38.4 Å². The summed E-state index contributed by atoms with van der Waals surface area (Å²) in [6, 6.07) is 0. The van der Waals surface area contributed by atoms with Gasteiger partial charge in [0.1, 0.15) is 0 Å². The van der Waals surface area contributed by atoms with Gasteiger partial charge in [0.25, 0.3) is 5.56 Å². The molecule has 0 atom stereocenters. The first-order valence-electron chi connectivity index (χ1n) is 7.61. The Morgan fingerprint density at radius 3 is 2.57 bits per heavy atom. The van der Waals surface area contributed by atoms with Crippen LogP contribution in [0.2, 0.25) is 0 Å². The van der Waals surface area contributed by atoms with E-state index in [1.807, 2.05) is 0 Å². The van der Waals surface area contributed by atoms with E-state index in [4.69, 9.17) is 6.42 Å². The second kappa shape index (κ2) is 7.02. The van der Waals surface area contributed by atoms with Crippen LogP contribution in [-0.4, -0.2) is 18.7 Å². The zero-order chi connectivity index (χ0) is 17.0. The number of terminal acetylenes is 1. The highest BCUT2D eigenvalue weighted by atomic mass is 16.2. The number of unbranched alkanes of at least 4 members (excludes halogenated alkanes) is 3. The van der Waals surface area contributed by atoms with Gasteiger partial charge in [-0.2, -0.15) is 0 Å². The fraction of sp³-hybridized carbons (Fsp3) is 0.471. The summed E-state index contributed by atoms with van der Waals surface area (Å²) in [5, 5.41) is 0. The van der Waals surface area contributed by atoms with Crippen LogP contribution >= 0.6 is 0 Å². The Balaban J connectivity index is 2.56. The summed E-state index contributed by atoms with van der Waals surface area (Å²) < 4.78 is 4.06. The second-order valence-corrected chi connectivity index (χ2v) is 5.36. The topological polar surface area (TPSA) is 61.8 Å². The second-order valence-electron chi connectivity index (χ2n) is 5.36. The average molecular weight is 312 g/mol. The van der Waals surface area contributed by atoms with Crippen molar-refractivity contribution in [2.75, 3.05) is 0 Å². The van der Waals surface area contributed by atoms with Gasteiger partial charge in [0.15, 0.2) is 17.0 Å². The van der Waals surface area contributed by atoms with Gasteiger partial charge >= 0.3 is 5.69 Å². The number of hydrogen-bond acceptors (Lipinski definition) is 3. The van der Waals surface area contributed by atoms with Crippen molar-refractivity contribution in [3.05, 3.63) is 26.7 Å². The van der Waals surface area contributed by atoms with Crippen molar-refractivity contribution >= 4 is 11.2 Å². The van der Waals surface area contributed by atoms with Crippen molar-refractivity contribution in [3.63, 3.8) is 0 Å².